The number of hydrogen-bond acceptors (Lipinski definition) is 5. The van der Waals surface area contributed by atoms with Gasteiger partial charge in [-0.3, -0.25) is 4.79 Å². The van der Waals surface area contributed by atoms with Gasteiger partial charge in [0, 0.05) is 0 Å². The molecule has 0 spiro atoms. The van der Waals surface area contributed by atoms with Crippen molar-refractivity contribution in [2.75, 3.05) is 13.7 Å². The molecule has 2 amide bonds. The van der Waals surface area contributed by atoms with Crippen LogP contribution in [0.1, 0.15) is 25.8 Å². The number of benzene rings is 1. The number of methoxy groups -OCH3 is 1. The van der Waals surface area contributed by atoms with Gasteiger partial charge in [-0.2, -0.15) is 0 Å². The molecule has 136 valence electrons. The van der Waals surface area contributed by atoms with Gasteiger partial charge in [0.1, 0.15) is 19.2 Å². The van der Waals surface area contributed by atoms with Gasteiger partial charge in [-0.25, -0.2) is 9.59 Å². The van der Waals surface area contributed by atoms with Crippen molar-refractivity contribution in [3.8, 4) is 0 Å². The summed E-state index contributed by atoms with van der Waals surface area (Å²) < 4.78 is 9.66. The van der Waals surface area contributed by atoms with Crippen molar-refractivity contribution in [1.29, 1.82) is 0 Å². The summed E-state index contributed by atoms with van der Waals surface area (Å²) in [5.74, 6) is -1.05. The molecule has 0 radical (unpaired) electrons. The Balaban J connectivity index is 2.39. The van der Waals surface area contributed by atoms with Crippen LogP contribution in [0.3, 0.4) is 0 Å². The second-order valence-corrected chi connectivity index (χ2v) is 5.58. The first-order valence-electron chi connectivity index (χ1n) is 7.87. The molecule has 0 unspecified atom stereocenters. The van der Waals surface area contributed by atoms with Crippen molar-refractivity contribution in [2.45, 2.75) is 32.9 Å². The summed E-state index contributed by atoms with van der Waals surface area (Å²) in [6.07, 6.45) is 1.43. The average molecular weight is 348 g/mol. The van der Waals surface area contributed by atoms with Crippen molar-refractivity contribution in [3.05, 3.63) is 47.5 Å². The lowest BCUT2D eigenvalue weighted by atomic mass is 10.1. The Morgan fingerprint density at radius 3 is 2.44 bits per heavy atom. The first-order chi connectivity index (χ1) is 11.9. The van der Waals surface area contributed by atoms with Gasteiger partial charge in [0.2, 0.25) is 5.91 Å². The van der Waals surface area contributed by atoms with E-state index in [2.05, 4.69) is 15.4 Å². The molecule has 2 N–H and O–H groups in total. The zero-order valence-electron chi connectivity index (χ0n) is 14.7. The molecule has 0 saturated carbocycles. The summed E-state index contributed by atoms with van der Waals surface area (Å²) in [5.41, 5.74) is 1.86. The summed E-state index contributed by atoms with van der Waals surface area (Å²) >= 11 is 0. The number of hydrogen-bond donors (Lipinski definition) is 2. The van der Waals surface area contributed by atoms with Crippen LogP contribution in [0.25, 0.3) is 0 Å². The first-order valence-corrected chi connectivity index (χ1v) is 7.87. The van der Waals surface area contributed by atoms with Crippen LogP contribution in [0.15, 0.2) is 42.0 Å². The molecular formula is C18H24N2O5. The van der Waals surface area contributed by atoms with Crippen molar-refractivity contribution < 1.29 is 23.9 Å². The van der Waals surface area contributed by atoms with Gasteiger partial charge in [0.15, 0.2) is 0 Å². The molecule has 7 nitrogen and oxygen atoms in total. The van der Waals surface area contributed by atoms with Crippen molar-refractivity contribution in [3.63, 3.8) is 0 Å². The highest BCUT2D eigenvalue weighted by Crippen LogP contribution is 2.02. The fourth-order valence-electron chi connectivity index (χ4n) is 1.88. The maximum atomic E-state index is 11.9. The number of alkyl carbamates (subject to hydrolysis) is 1. The van der Waals surface area contributed by atoms with Crippen LogP contribution in [0.2, 0.25) is 0 Å². The maximum Gasteiger partial charge on any atom is 0.407 e. The zero-order valence-corrected chi connectivity index (χ0v) is 14.7. The van der Waals surface area contributed by atoms with E-state index in [1.165, 1.54) is 7.11 Å². The number of allylic oxidation sites excluding steroid dienone is 1. The topological polar surface area (TPSA) is 93.7 Å². The van der Waals surface area contributed by atoms with E-state index in [0.717, 1.165) is 11.1 Å². The van der Waals surface area contributed by atoms with Crippen LogP contribution in [-0.4, -0.2) is 37.7 Å². The normalized spacial score (nSPS) is 11.0. The third-order valence-corrected chi connectivity index (χ3v) is 3.19. The van der Waals surface area contributed by atoms with Gasteiger partial charge < -0.3 is 20.1 Å². The van der Waals surface area contributed by atoms with Gasteiger partial charge in [0.05, 0.1) is 7.11 Å². The largest absolute Gasteiger partial charge is 0.467 e. The number of carbonyl (C=O) groups excluding carboxylic acids is 3. The number of amides is 2. The van der Waals surface area contributed by atoms with Crippen LogP contribution >= 0.6 is 0 Å². The van der Waals surface area contributed by atoms with Crippen LogP contribution in [-0.2, 0) is 25.7 Å². The van der Waals surface area contributed by atoms with E-state index in [-0.39, 0.29) is 13.2 Å². The Morgan fingerprint density at radius 2 is 1.84 bits per heavy atom. The predicted octanol–water partition coefficient (Wildman–Crippen LogP) is 1.93. The van der Waals surface area contributed by atoms with Crippen molar-refractivity contribution >= 4 is 18.0 Å². The molecule has 1 aromatic rings. The minimum absolute atomic E-state index is 0.111. The molecule has 1 atom stereocenters. The quantitative estimate of drug-likeness (QED) is 0.553. The van der Waals surface area contributed by atoms with Crippen LogP contribution in [0.4, 0.5) is 4.79 Å². The van der Waals surface area contributed by atoms with Crippen LogP contribution < -0.4 is 10.6 Å². The number of rotatable bonds is 8. The Morgan fingerprint density at radius 1 is 1.16 bits per heavy atom. The van der Waals surface area contributed by atoms with Crippen LogP contribution in [0, 0.1) is 0 Å². The molecule has 0 saturated heterocycles. The van der Waals surface area contributed by atoms with E-state index in [1.807, 2.05) is 50.3 Å². The molecule has 0 fully saturated rings. The summed E-state index contributed by atoms with van der Waals surface area (Å²) in [6, 6.07) is 8.39. The lowest BCUT2D eigenvalue weighted by Gasteiger charge is -2.15. The minimum Gasteiger partial charge on any atom is -0.467 e. The molecule has 0 aliphatic rings. The number of esters is 1. The second kappa shape index (κ2) is 10.9. The zero-order chi connectivity index (χ0) is 18.7. The monoisotopic (exact) mass is 348 g/mol. The fraction of sp³-hybridized carbons (Fsp3) is 0.389. The van der Waals surface area contributed by atoms with Crippen molar-refractivity contribution in [2.24, 2.45) is 0 Å². The van der Waals surface area contributed by atoms with E-state index < -0.39 is 24.0 Å². The van der Waals surface area contributed by atoms with E-state index in [0.29, 0.717) is 6.42 Å². The number of carbonyl (C=O) groups is 3. The lowest BCUT2D eigenvalue weighted by molar-refractivity contribution is -0.144. The summed E-state index contributed by atoms with van der Waals surface area (Å²) in [4.78, 5) is 35.2. The molecule has 1 aromatic carbocycles. The number of nitrogens with one attached hydrogen (secondary N) is 2. The van der Waals surface area contributed by atoms with E-state index in [9.17, 15) is 14.4 Å². The molecular weight excluding hydrogens is 324 g/mol. The van der Waals surface area contributed by atoms with Gasteiger partial charge in [-0.1, -0.05) is 42.0 Å². The number of ether oxygens (including phenoxy) is 2. The molecule has 0 bridgehead atoms. The third kappa shape index (κ3) is 8.55. The average Bonchev–Trinajstić information content (AvgIpc) is 2.61. The molecule has 0 heterocycles. The van der Waals surface area contributed by atoms with E-state index in [4.69, 9.17) is 4.74 Å². The molecule has 25 heavy (non-hydrogen) atoms. The molecule has 7 heteroatoms. The summed E-state index contributed by atoms with van der Waals surface area (Å²) in [5, 5.41) is 4.86. The summed E-state index contributed by atoms with van der Waals surface area (Å²) in [7, 11) is 1.25. The minimum atomic E-state index is -0.797. The first kappa shape index (κ1) is 20.2. The standard InChI is InChI=1S/C18H24N2O5/c1-13(2)9-10-15(17(22)24-3)20-16(21)11-19-18(23)25-12-14-7-5-4-6-8-14/h4-9,15H,10-12H2,1-3H3,(H,19,23)(H,20,21)/t15-/m1/s1. The van der Waals surface area contributed by atoms with Gasteiger partial charge >= 0.3 is 12.1 Å². The van der Waals surface area contributed by atoms with E-state index >= 15 is 0 Å². The van der Waals surface area contributed by atoms with E-state index in [1.54, 1.807) is 0 Å². The van der Waals surface area contributed by atoms with Gasteiger partial charge in [0.25, 0.3) is 0 Å². The fourth-order valence-corrected chi connectivity index (χ4v) is 1.88. The second-order valence-electron chi connectivity index (χ2n) is 5.58. The Bertz CT molecular complexity index is 609. The highest BCUT2D eigenvalue weighted by Gasteiger charge is 2.20. The SMILES string of the molecule is COC(=O)[C@@H](CC=C(C)C)NC(=O)CNC(=O)OCc1ccccc1. The molecule has 0 aliphatic heterocycles. The molecule has 0 aliphatic carbocycles. The molecule has 0 aromatic heterocycles. The summed E-state index contributed by atoms with van der Waals surface area (Å²) in [6.45, 7) is 3.59. The van der Waals surface area contributed by atoms with Crippen molar-refractivity contribution in [1.82, 2.24) is 10.6 Å². The lowest BCUT2D eigenvalue weighted by Crippen LogP contribution is -2.45. The Hall–Kier alpha value is -2.83. The maximum absolute atomic E-state index is 11.9. The van der Waals surface area contributed by atoms with Gasteiger partial charge in [-0.15, -0.1) is 0 Å². The van der Waals surface area contributed by atoms with Gasteiger partial charge in [-0.05, 0) is 25.8 Å². The highest BCUT2D eigenvalue weighted by molar-refractivity contribution is 5.87. The third-order valence-electron chi connectivity index (χ3n) is 3.19. The smallest absolute Gasteiger partial charge is 0.407 e. The Kier molecular flexibility index (Phi) is 8.78. The molecule has 1 rings (SSSR count). The highest BCUT2D eigenvalue weighted by atomic mass is 16.5. The predicted molar refractivity (Wildman–Crippen MR) is 92.6 cm³/mol. The Labute approximate surface area is 147 Å². The van der Waals surface area contributed by atoms with Crippen LogP contribution in [0.5, 0.6) is 0 Å².